The number of nitrogens with two attached hydrogens (primary N) is 1. The van der Waals surface area contributed by atoms with Crippen molar-refractivity contribution < 1.29 is 13.2 Å². The summed E-state index contributed by atoms with van der Waals surface area (Å²) < 4.78 is 35.0. The molecule has 6 nitrogen and oxygen atoms in total. The van der Waals surface area contributed by atoms with Crippen LogP contribution in [0.1, 0.15) is 40.0 Å². The SMILES string of the molecule is CCOC1CC(NS(=O)(=O)N2CCC(CN)CC2)C1(C)C. The summed E-state index contributed by atoms with van der Waals surface area (Å²) >= 11 is 0. The predicted octanol–water partition coefficient (Wildman–Crippen LogP) is 0.695. The van der Waals surface area contributed by atoms with Crippen molar-refractivity contribution in [2.24, 2.45) is 17.1 Å². The maximum atomic E-state index is 12.5. The van der Waals surface area contributed by atoms with Gasteiger partial charge in [-0.2, -0.15) is 17.4 Å². The molecule has 0 aromatic carbocycles. The van der Waals surface area contributed by atoms with Crippen LogP contribution in [-0.2, 0) is 14.9 Å². The Labute approximate surface area is 128 Å². The van der Waals surface area contributed by atoms with E-state index in [2.05, 4.69) is 18.6 Å². The molecule has 21 heavy (non-hydrogen) atoms. The van der Waals surface area contributed by atoms with Gasteiger partial charge in [-0.05, 0) is 38.6 Å². The Morgan fingerprint density at radius 1 is 1.33 bits per heavy atom. The van der Waals surface area contributed by atoms with Gasteiger partial charge in [-0.15, -0.1) is 0 Å². The van der Waals surface area contributed by atoms with Gasteiger partial charge >= 0.3 is 0 Å². The monoisotopic (exact) mass is 319 g/mol. The van der Waals surface area contributed by atoms with E-state index >= 15 is 0 Å². The zero-order valence-corrected chi connectivity index (χ0v) is 14.2. The quantitative estimate of drug-likeness (QED) is 0.754. The molecule has 0 spiro atoms. The van der Waals surface area contributed by atoms with E-state index < -0.39 is 10.2 Å². The van der Waals surface area contributed by atoms with E-state index in [1.54, 1.807) is 4.31 Å². The van der Waals surface area contributed by atoms with Crippen LogP contribution >= 0.6 is 0 Å². The molecule has 0 bridgehead atoms. The highest BCUT2D eigenvalue weighted by atomic mass is 32.2. The van der Waals surface area contributed by atoms with Crippen molar-refractivity contribution in [1.82, 2.24) is 9.03 Å². The number of nitrogens with one attached hydrogen (secondary N) is 1. The maximum absolute atomic E-state index is 12.5. The van der Waals surface area contributed by atoms with Crippen molar-refractivity contribution in [3.63, 3.8) is 0 Å². The highest BCUT2D eigenvalue weighted by Gasteiger charge is 2.50. The third-order valence-electron chi connectivity index (χ3n) is 5.08. The molecule has 7 heteroatoms. The standard InChI is InChI=1S/C14H29N3O3S/c1-4-20-13-9-12(14(13,2)3)16-21(18,19)17-7-5-11(10-15)6-8-17/h11-13,16H,4-10,15H2,1-3H3. The highest BCUT2D eigenvalue weighted by Crippen LogP contribution is 2.43. The van der Waals surface area contributed by atoms with Crippen molar-refractivity contribution in [3.05, 3.63) is 0 Å². The average Bonchev–Trinajstić information content (AvgIpc) is 2.46. The van der Waals surface area contributed by atoms with Crippen LogP contribution < -0.4 is 10.5 Å². The largest absolute Gasteiger partial charge is 0.378 e. The predicted molar refractivity (Wildman–Crippen MR) is 83.0 cm³/mol. The van der Waals surface area contributed by atoms with E-state index in [1.165, 1.54) is 0 Å². The van der Waals surface area contributed by atoms with Crippen molar-refractivity contribution in [2.45, 2.75) is 52.2 Å². The summed E-state index contributed by atoms with van der Waals surface area (Å²) in [6, 6.07) is -0.0497. The third kappa shape index (κ3) is 3.59. The minimum absolute atomic E-state index is 0.0497. The average molecular weight is 319 g/mol. The van der Waals surface area contributed by atoms with Gasteiger partial charge in [0.25, 0.3) is 10.2 Å². The van der Waals surface area contributed by atoms with E-state index in [4.69, 9.17) is 10.5 Å². The summed E-state index contributed by atoms with van der Waals surface area (Å²) in [6.07, 6.45) is 2.59. The first kappa shape index (κ1) is 17.1. The summed E-state index contributed by atoms with van der Waals surface area (Å²) in [5.41, 5.74) is 5.50. The lowest BCUT2D eigenvalue weighted by Gasteiger charge is -2.51. The molecule has 1 aliphatic carbocycles. The number of nitrogens with zero attached hydrogens (tertiary/aromatic N) is 1. The van der Waals surface area contributed by atoms with Crippen molar-refractivity contribution >= 4 is 10.2 Å². The van der Waals surface area contributed by atoms with Gasteiger partial charge in [-0.25, -0.2) is 0 Å². The summed E-state index contributed by atoms with van der Waals surface area (Å²) in [7, 11) is -3.40. The van der Waals surface area contributed by atoms with E-state index in [0.29, 0.717) is 32.2 Å². The number of piperidine rings is 1. The zero-order valence-electron chi connectivity index (χ0n) is 13.3. The second-order valence-electron chi connectivity index (χ2n) is 6.75. The molecule has 0 aromatic heterocycles. The molecule has 124 valence electrons. The first-order valence-corrected chi connectivity index (χ1v) is 9.34. The van der Waals surface area contributed by atoms with Crippen LogP contribution in [-0.4, -0.2) is 51.1 Å². The van der Waals surface area contributed by atoms with Gasteiger partial charge in [-0.1, -0.05) is 13.8 Å². The molecule has 2 unspecified atom stereocenters. The molecule has 2 fully saturated rings. The Morgan fingerprint density at radius 3 is 2.43 bits per heavy atom. The van der Waals surface area contributed by atoms with Gasteiger partial charge < -0.3 is 10.5 Å². The number of hydrogen-bond acceptors (Lipinski definition) is 4. The molecule has 0 aromatic rings. The molecule has 0 amide bonds. The Morgan fingerprint density at radius 2 is 1.95 bits per heavy atom. The molecule has 3 N–H and O–H groups in total. The molecule has 1 saturated heterocycles. The fourth-order valence-corrected chi connectivity index (χ4v) is 4.81. The topological polar surface area (TPSA) is 84.7 Å². The zero-order chi connectivity index (χ0) is 15.7. The summed E-state index contributed by atoms with van der Waals surface area (Å²) in [4.78, 5) is 0. The minimum atomic E-state index is -3.40. The Balaban J connectivity index is 1.91. The van der Waals surface area contributed by atoms with E-state index in [1.807, 2.05) is 6.92 Å². The van der Waals surface area contributed by atoms with Crippen molar-refractivity contribution in [1.29, 1.82) is 0 Å². The number of ether oxygens (including phenoxy) is 1. The van der Waals surface area contributed by atoms with Crippen LogP contribution in [0.5, 0.6) is 0 Å². The molecular formula is C14H29N3O3S. The van der Waals surface area contributed by atoms with Crippen molar-refractivity contribution in [3.8, 4) is 0 Å². The lowest BCUT2D eigenvalue weighted by Crippen LogP contribution is -2.63. The fourth-order valence-electron chi connectivity index (χ4n) is 3.21. The lowest BCUT2D eigenvalue weighted by molar-refractivity contribution is -0.108. The van der Waals surface area contributed by atoms with Crippen LogP contribution in [0.25, 0.3) is 0 Å². The van der Waals surface area contributed by atoms with Gasteiger partial charge in [0.15, 0.2) is 0 Å². The summed E-state index contributed by atoms with van der Waals surface area (Å²) in [6.45, 7) is 8.54. The molecule has 1 saturated carbocycles. The molecule has 2 rings (SSSR count). The second kappa shape index (κ2) is 6.50. The number of hydrogen-bond donors (Lipinski definition) is 2. The highest BCUT2D eigenvalue weighted by molar-refractivity contribution is 7.87. The van der Waals surface area contributed by atoms with Crippen LogP contribution in [0.15, 0.2) is 0 Å². The summed E-state index contributed by atoms with van der Waals surface area (Å²) in [5.74, 6) is 0.457. The molecular weight excluding hydrogens is 290 g/mol. The van der Waals surface area contributed by atoms with Crippen LogP contribution in [0.4, 0.5) is 0 Å². The molecule has 2 atom stereocenters. The van der Waals surface area contributed by atoms with Gasteiger partial charge in [-0.3, -0.25) is 0 Å². The Hall–Kier alpha value is -0.210. The van der Waals surface area contributed by atoms with Gasteiger partial charge in [0.1, 0.15) is 0 Å². The van der Waals surface area contributed by atoms with Crippen molar-refractivity contribution in [2.75, 3.05) is 26.2 Å². The third-order valence-corrected chi connectivity index (χ3v) is 6.71. The van der Waals surface area contributed by atoms with Crippen LogP contribution in [0.3, 0.4) is 0 Å². The molecule has 0 radical (unpaired) electrons. The van der Waals surface area contributed by atoms with E-state index in [-0.39, 0.29) is 17.6 Å². The van der Waals surface area contributed by atoms with E-state index in [0.717, 1.165) is 19.3 Å². The molecule has 1 heterocycles. The normalized spacial score (nSPS) is 31.0. The van der Waals surface area contributed by atoms with Crippen LogP contribution in [0, 0.1) is 11.3 Å². The summed E-state index contributed by atoms with van der Waals surface area (Å²) in [5, 5.41) is 0. The lowest BCUT2D eigenvalue weighted by atomic mass is 9.65. The van der Waals surface area contributed by atoms with Gasteiger partial charge in [0.05, 0.1) is 6.10 Å². The van der Waals surface area contributed by atoms with Crippen LogP contribution in [0.2, 0.25) is 0 Å². The Kier molecular flexibility index (Phi) is 5.31. The minimum Gasteiger partial charge on any atom is -0.378 e. The number of rotatable bonds is 6. The fraction of sp³-hybridized carbons (Fsp3) is 1.00. The van der Waals surface area contributed by atoms with E-state index in [9.17, 15) is 8.42 Å². The maximum Gasteiger partial charge on any atom is 0.279 e. The first-order valence-electron chi connectivity index (χ1n) is 7.90. The first-order chi connectivity index (χ1) is 9.81. The smallest absolute Gasteiger partial charge is 0.279 e. The molecule has 1 aliphatic heterocycles. The second-order valence-corrected chi connectivity index (χ2v) is 8.46. The Bertz CT molecular complexity index is 444. The molecule has 2 aliphatic rings. The van der Waals surface area contributed by atoms with Gasteiger partial charge in [0.2, 0.25) is 0 Å². The van der Waals surface area contributed by atoms with Gasteiger partial charge in [0, 0.05) is 31.2 Å².